The van der Waals surface area contributed by atoms with Crippen molar-refractivity contribution in [2.45, 2.75) is 26.7 Å². The van der Waals surface area contributed by atoms with Gasteiger partial charge in [0, 0.05) is 24.4 Å². The van der Waals surface area contributed by atoms with E-state index in [1.807, 2.05) is 12.1 Å². The zero-order valence-electron chi connectivity index (χ0n) is 9.96. The Hall–Kier alpha value is -0.910. The van der Waals surface area contributed by atoms with Gasteiger partial charge in [0.25, 0.3) is 0 Å². The first-order valence-electron chi connectivity index (χ1n) is 5.57. The van der Waals surface area contributed by atoms with Gasteiger partial charge in [-0.1, -0.05) is 13.8 Å². The number of nitrogens with zero attached hydrogens (tertiary/aromatic N) is 1. The van der Waals surface area contributed by atoms with Gasteiger partial charge < -0.3 is 5.32 Å². The van der Waals surface area contributed by atoms with Crippen molar-refractivity contribution in [1.82, 2.24) is 4.98 Å². The van der Waals surface area contributed by atoms with Crippen molar-refractivity contribution in [1.29, 1.82) is 0 Å². The molecule has 0 unspecified atom stereocenters. The molecule has 0 radical (unpaired) electrons. The minimum atomic E-state index is 0.0361. The maximum Gasteiger partial charge on any atom is 0.157 e. The fraction of sp³-hybridized carbons (Fsp3) is 0.385. The Bertz CT molecular complexity index is 480. The first kappa shape index (κ1) is 12.5. The molecule has 0 atom stereocenters. The van der Waals surface area contributed by atoms with Gasteiger partial charge in [0.2, 0.25) is 0 Å². The molecule has 1 aromatic heterocycles. The fourth-order valence-corrected chi connectivity index (χ4v) is 2.54. The number of ketones is 1. The average molecular weight is 342 g/mol. The highest BCUT2D eigenvalue weighted by Crippen LogP contribution is 2.34. The highest BCUT2D eigenvalue weighted by molar-refractivity contribution is 14.1. The number of halogens is 1. The normalized spacial score (nSPS) is 18.8. The minimum absolute atomic E-state index is 0.0361. The predicted octanol–water partition coefficient (Wildman–Crippen LogP) is 3.37. The number of carbonyl (C=O) groups excluding carboxylic acids is 1. The predicted molar refractivity (Wildman–Crippen MR) is 76.7 cm³/mol. The van der Waals surface area contributed by atoms with Gasteiger partial charge >= 0.3 is 0 Å². The van der Waals surface area contributed by atoms with Gasteiger partial charge in [-0.25, -0.2) is 4.98 Å². The van der Waals surface area contributed by atoms with Gasteiger partial charge in [-0.15, -0.1) is 0 Å². The van der Waals surface area contributed by atoms with Gasteiger partial charge in [-0.2, -0.15) is 0 Å². The van der Waals surface area contributed by atoms with E-state index in [0.717, 1.165) is 21.5 Å². The quantitative estimate of drug-likeness (QED) is 0.838. The van der Waals surface area contributed by atoms with Crippen LogP contribution < -0.4 is 5.32 Å². The summed E-state index contributed by atoms with van der Waals surface area (Å²) in [6.45, 7) is 4.23. The van der Waals surface area contributed by atoms with Crippen molar-refractivity contribution < 1.29 is 4.79 Å². The molecule has 2 rings (SSSR count). The second-order valence-corrected chi connectivity index (χ2v) is 6.27. The minimum Gasteiger partial charge on any atom is -0.343 e. The molecule has 0 amide bonds. The number of allylic oxidation sites excluding steroid dienone is 2. The van der Waals surface area contributed by atoms with Crippen molar-refractivity contribution in [3.8, 4) is 0 Å². The third-order valence-electron chi connectivity index (χ3n) is 2.69. The standard InChI is InChI=1S/C13H15IN2O/c1-13(2)7-9(6-10(17)8-13)16-12-11(14)4-3-5-15-12/h3-6H,7-8H2,1-2H3,(H,15,16). The Kier molecular flexibility index (Phi) is 3.51. The van der Waals surface area contributed by atoms with E-state index in [1.54, 1.807) is 12.3 Å². The molecule has 90 valence electrons. The summed E-state index contributed by atoms with van der Waals surface area (Å²) >= 11 is 2.23. The summed E-state index contributed by atoms with van der Waals surface area (Å²) in [6.07, 6.45) is 4.96. The molecule has 1 aliphatic rings. The van der Waals surface area contributed by atoms with Crippen molar-refractivity contribution in [2.75, 3.05) is 5.32 Å². The van der Waals surface area contributed by atoms with E-state index >= 15 is 0 Å². The van der Waals surface area contributed by atoms with E-state index in [9.17, 15) is 4.79 Å². The molecule has 0 saturated carbocycles. The second-order valence-electron chi connectivity index (χ2n) is 5.11. The SMILES string of the molecule is CC1(C)CC(=O)C=C(Nc2ncccc2I)C1. The Morgan fingerprint density at radius 2 is 2.18 bits per heavy atom. The molecule has 0 aliphatic heterocycles. The number of nitrogens with one attached hydrogen (secondary N) is 1. The summed E-state index contributed by atoms with van der Waals surface area (Å²) in [5.74, 6) is 1.01. The van der Waals surface area contributed by atoms with Gasteiger partial charge in [-0.05, 0) is 46.6 Å². The lowest BCUT2D eigenvalue weighted by molar-refractivity contribution is -0.117. The number of hydrogen-bond donors (Lipinski definition) is 1. The zero-order chi connectivity index (χ0) is 12.5. The van der Waals surface area contributed by atoms with E-state index in [2.05, 4.69) is 46.7 Å². The molecule has 0 bridgehead atoms. The number of carbonyl (C=O) groups is 1. The molecule has 17 heavy (non-hydrogen) atoms. The topological polar surface area (TPSA) is 42.0 Å². The highest BCUT2D eigenvalue weighted by Gasteiger charge is 2.27. The average Bonchev–Trinajstić information content (AvgIpc) is 2.18. The monoisotopic (exact) mass is 342 g/mol. The lowest BCUT2D eigenvalue weighted by Crippen LogP contribution is -2.24. The van der Waals surface area contributed by atoms with Crippen molar-refractivity contribution in [3.05, 3.63) is 33.7 Å². The molecule has 0 spiro atoms. The second kappa shape index (κ2) is 4.76. The van der Waals surface area contributed by atoms with Gasteiger partial charge in [0.1, 0.15) is 5.82 Å². The number of anilines is 1. The van der Waals surface area contributed by atoms with Crippen LogP contribution in [0.3, 0.4) is 0 Å². The number of aromatic nitrogens is 1. The Morgan fingerprint density at radius 3 is 2.82 bits per heavy atom. The van der Waals surface area contributed by atoms with E-state index in [0.29, 0.717) is 6.42 Å². The first-order valence-corrected chi connectivity index (χ1v) is 6.65. The van der Waals surface area contributed by atoms with Crippen molar-refractivity contribution in [2.24, 2.45) is 5.41 Å². The third kappa shape index (κ3) is 3.28. The van der Waals surface area contributed by atoms with Crippen LogP contribution in [0.1, 0.15) is 26.7 Å². The Balaban J connectivity index is 2.20. The lowest BCUT2D eigenvalue weighted by atomic mass is 9.79. The Morgan fingerprint density at radius 1 is 1.41 bits per heavy atom. The summed E-state index contributed by atoms with van der Waals surface area (Å²) in [5, 5.41) is 3.26. The van der Waals surface area contributed by atoms with Crippen LogP contribution in [0.15, 0.2) is 30.1 Å². The van der Waals surface area contributed by atoms with Crippen LogP contribution in [0, 0.1) is 8.99 Å². The molecule has 1 aromatic rings. The highest BCUT2D eigenvalue weighted by atomic mass is 127. The first-order chi connectivity index (χ1) is 7.96. The van der Waals surface area contributed by atoms with E-state index in [-0.39, 0.29) is 11.2 Å². The number of rotatable bonds is 2. The van der Waals surface area contributed by atoms with Crippen LogP contribution in [-0.4, -0.2) is 10.8 Å². The van der Waals surface area contributed by atoms with Gasteiger partial charge in [-0.3, -0.25) is 4.79 Å². The summed E-state index contributed by atoms with van der Waals surface area (Å²) < 4.78 is 1.06. The van der Waals surface area contributed by atoms with E-state index in [1.165, 1.54) is 0 Å². The van der Waals surface area contributed by atoms with E-state index in [4.69, 9.17) is 0 Å². The molecule has 0 fully saturated rings. The van der Waals surface area contributed by atoms with Gasteiger partial charge in [0.15, 0.2) is 5.78 Å². The zero-order valence-corrected chi connectivity index (χ0v) is 12.1. The summed E-state index contributed by atoms with van der Waals surface area (Å²) in [6, 6.07) is 3.89. The largest absolute Gasteiger partial charge is 0.343 e. The van der Waals surface area contributed by atoms with Crippen molar-refractivity contribution in [3.63, 3.8) is 0 Å². The molecular weight excluding hydrogens is 327 g/mol. The molecule has 0 saturated heterocycles. The van der Waals surface area contributed by atoms with Crippen LogP contribution in [-0.2, 0) is 4.79 Å². The maximum atomic E-state index is 11.6. The Labute approximate surface area is 115 Å². The maximum absolute atomic E-state index is 11.6. The number of hydrogen-bond acceptors (Lipinski definition) is 3. The summed E-state index contributed by atoms with van der Waals surface area (Å²) in [4.78, 5) is 15.9. The third-order valence-corrected chi connectivity index (χ3v) is 3.56. The summed E-state index contributed by atoms with van der Waals surface area (Å²) in [7, 11) is 0. The molecule has 1 aliphatic carbocycles. The van der Waals surface area contributed by atoms with Crippen LogP contribution in [0.25, 0.3) is 0 Å². The molecule has 1 N–H and O–H groups in total. The smallest absolute Gasteiger partial charge is 0.157 e. The molecule has 1 heterocycles. The lowest BCUT2D eigenvalue weighted by Gasteiger charge is -2.29. The van der Waals surface area contributed by atoms with Crippen molar-refractivity contribution >= 4 is 34.2 Å². The van der Waals surface area contributed by atoms with Crippen LogP contribution in [0.5, 0.6) is 0 Å². The number of pyridine rings is 1. The fourth-order valence-electron chi connectivity index (χ4n) is 2.06. The molecule has 0 aromatic carbocycles. The van der Waals surface area contributed by atoms with E-state index < -0.39 is 0 Å². The van der Waals surface area contributed by atoms with Gasteiger partial charge in [0.05, 0.1) is 3.57 Å². The molecule has 3 nitrogen and oxygen atoms in total. The molecule has 4 heteroatoms. The molecular formula is C13H15IN2O. The summed E-state index contributed by atoms with van der Waals surface area (Å²) in [5.41, 5.74) is 0.997. The van der Waals surface area contributed by atoms with Crippen LogP contribution in [0.2, 0.25) is 0 Å². The van der Waals surface area contributed by atoms with Crippen LogP contribution in [0.4, 0.5) is 5.82 Å². The van der Waals surface area contributed by atoms with Crippen LogP contribution >= 0.6 is 22.6 Å².